The molecule has 2 aromatic heterocycles. The van der Waals surface area contributed by atoms with Crippen molar-refractivity contribution in [2.45, 2.75) is 163 Å². The monoisotopic (exact) mass is 920 g/mol. The third kappa shape index (κ3) is 13.2. The van der Waals surface area contributed by atoms with E-state index in [1.54, 1.807) is 35.1 Å². The zero-order valence-corrected chi connectivity index (χ0v) is 36.2. The average Bonchev–Trinajstić information content (AvgIpc) is 4.09. The summed E-state index contributed by atoms with van der Waals surface area (Å²) in [5.74, 6) is 0.842. The van der Waals surface area contributed by atoms with Gasteiger partial charge in [0.15, 0.2) is 0 Å². The standard InChI is InChI=1S/C19H28N6O2S.C14H20N6O2S.C5H9Br.2CH4/c1-20-28(26,27)16-11-12-18(21-14-7-3-2-4-8-14)17(13-16)19-22-24-25(23-19)15-9-5-6-10-15;1-15-23(21,22)11-7-8-13(16-10-5-3-2-4-6-10)12(9-11)14-17-19-20-18-14;6-5-3-1-2-4-5;;/h11-15,20-21H,2-10H2,1H3;7-10,15-16H,2-6H2,1H3,(H,17,18,19,20);5H,1-4H2;2*1H4. The molecule has 4 saturated carbocycles. The molecule has 0 amide bonds. The van der Waals surface area contributed by atoms with Gasteiger partial charge in [0, 0.05) is 39.4 Å². The predicted octanol–water partition coefficient (Wildman–Crippen LogP) is 8.22. The maximum Gasteiger partial charge on any atom is 0.240 e. The first-order chi connectivity index (χ1) is 27.6. The molecule has 2 aromatic carbocycles. The van der Waals surface area contributed by atoms with E-state index in [4.69, 9.17) is 0 Å². The Balaban J connectivity index is 0.000000224. The summed E-state index contributed by atoms with van der Waals surface area (Å²) in [5, 5.41) is 34.2. The minimum atomic E-state index is -3.55. The van der Waals surface area contributed by atoms with E-state index in [0.717, 1.165) is 54.7 Å². The Labute approximate surface area is 359 Å². The second-order valence-electron chi connectivity index (χ2n) is 15.3. The number of nitrogens with one attached hydrogen (secondary N) is 5. The van der Waals surface area contributed by atoms with E-state index in [1.165, 1.54) is 91.1 Å². The molecule has 0 unspecified atom stereocenters. The molecule has 59 heavy (non-hydrogen) atoms. The first kappa shape index (κ1) is 48.1. The molecule has 16 nitrogen and oxygen atoms in total. The third-order valence-corrected chi connectivity index (χ3v) is 15.0. The minimum absolute atomic E-state index is 0. The molecule has 0 spiro atoms. The molecule has 5 N–H and O–H groups in total. The lowest BCUT2D eigenvalue weighted by atomic mass is 9.95. The minimum Gasteiger partial charge on any atom is -0.382 e. The zero-order chi connectivity index (χ0) is 40.3. The number of aromatic amines is 1. The number of anilines is 2. The molecule has 4 aliphatic rings. The van der Waals surface area contributed by atoms with E-state index >= 15 is 0 Å². The van der Waals surface area contributed by atoms with Crippen LogP contribution in [0.5, 0.6) is 0 Å². The summed E-state index contributed by atoms with van der Waals surface area (Å²) in [6.45, 7) is 0. The van der Waals surface area contributed by atoms with Gasteiger partial charge in [0.25, 0.3) is 0 Å². The van der Waals surface area contributed by atoms with Gasteiger partial charge in [-0.3, -0.25) is 0 Å². The van der Waals surface area contributed by atoms with Crippen molar-refractivity contribution in [2.75, 3.05) is 24.7 Å². The highest BCUT2D eigenvalue weighted by atomic mass is 79.9. The Kier molecular flexibility index (Phi) is 18.7. The highest BCUT2D eigenvalue weighted by Crippen LogP contribution is 2.34. The molecule has 4 aliphatic carbocycles. The van der Waals surface area contributed by atoms with Gasteiger partial charge in [-0.05, 0) is 112 Å². The molecular weight excluding hydrogens is 857 g/mol. The molecule has 2 heterocycles. The fourth-order valence-corrected chi connectivity index (χ4v) is 10.1. The van der Waals surface area contributed by atoms with Gasteiger partial charge in [0.2, 0.25) is 31.7 Å². The molecule has 0 atom stereocenters. The number of hydrogen-bond donors (Lipinski definition) is 5. The number of alkyl halides is 1. The molecule has 0 aliphatic heterocycles. The molecule has 0 bridgehead atoms. The lowest BCUT2D eigenvalue weighted by Gasteiger charge is -2.25. The number of aromatic nitrogens is 8. The fraction of sp³-hybridized carbons (Fsp3) is 0.650. The topological polar surface area (TPSA) is 214 Å². The second-order valence-corrected chi connectivity index (χ2v) is 20.3. The number of sulfonamides is 2. The molecule has 8 rings (SSSR count). The van der Waals surface area contributed by atoms with Crippen LogP contribution in [0, 0.1) is 0 Å². The first-order valence-corrected chi connectivity index (χ1v) is 24.3. The van der Waals surface area contributed by atoms with Crippen LogP contribution in [0.25, 0.3) is 22.8 Å². The van der Waals surface area contributed by atoms with Crippen molar-refractivity contribution in [1.29, 1.82) is 0 Å². The van der Waals surface area contributed by atoms with Gasteiger partial charge in [-0.1, -0.05) is 95.0 Å². The summed E-state index contributed by atoms with van der Waals surface area (Å²) in [7, 11) is -4.27. The lowest BCUT2D eigenvalue weighted by Crippen LogP contribution is -2.23. The SMILES string of the molecule is BrC1CCCC1.C.C.CNS(=O)(=O)c1ccc(NC2CCCCC2)c(-c2nn[nH]n2)c1.CNS(=O)(=O)c1ccc(NC2CCCCC2)c(-c2nnn(C3CCCC3)n2)c1. The fourth-order valence-electron chi connectivity index (χ4n) is 7.95. The second kappa shape index (κ2) is 22.9. The Morgan fingerprint density at radius 1 is 0.627 bits per heavy atom. The van der Waals surface area contributed by atoms with Crippen LogP contribution < -0.4 is 20.1 Å². The van der Waals surface area contributed by atoms with Crippen LogP contribution in [0.4, 0.5) is 11.4 Å². The normalized spacial score (nSPS) is 18.1. The summed E-state index contributed by atoms with van der Waals surface area (Å²) in [5.41, 5.74) is 3.01. The Morgan fingerprint density at radius 2 is 1.08 bits per heavy atom. The van der Waals surface area contributed by atoms with Crippen LogP contribution in [0.1, 0.15) is 136 Å². The van der Waals surface area contributed by atoms with Crippen molar-refractivity contribution in [2.24, 2.45) is 0 Å². The van der Waals surface area contributed by atoms with Gasteiger partial charge in [-0.2, -0.15) is 10.0 Å². The van der Waals surface area contributed by atoms with E-state index in [9.17, 15) is 16.8 Å². The third-order valence-electron chi connectivity index (χ3n) is 11.3. The molecular formula is C40H65BrN12O4S2. The lowest BCUT2D eigenvalue weighted by molar-refractivity contribution is 0.405. The maximum absolute atomic E-state index is 12.3. The van der Waals surface area contributed by atoms with Crippen LogP contribution in [0.2, 0.25) is 0 Å². The summed E-state index contributed by atoms with van der Waals surface area (Å²) < 4.78 is 53.4. The van der Waals surface area contributed by atoms with Crippen molar-refractivity contribution in [3.05, 3.63) is 36.4 Å². The van der Waals surface area contributed by atoms with Gasteiger partial charge in [0.1, 0.15) is 0 Å². The number of benzene rings is 2. The van der Waals surface area contributed by atoms with Crippen molar-refractivity contribution in [3.8, 4) is 22.8 Å². The first-order valence-electron chi connectivity index (χ1n) is 20.4. The summed E-state index contributed by atoms with van der Waals surface area (Å²) in [6.07, 6.45) is 22.1. The van der Waals surface area contributed by atoms with E-state index in [-0.39, 0.29) is 24.6 Å². The number of rotatable bonds is 11. The highest BCUT2D eigenvalue weighted by molar-refractivity contribution is 9.09. The maximum atomic E-state index is 12.3. The van der Waals surface area contributed by atoms with Gasteiger partial charge >= 0.3 is 0 Å². The summed E-state index contributed by atoms with van der Waals surface area (Å²) in [4.78, 5) is 2.94. The summed E-state index contributed by atoms with van der Waals surface area (Å²) in [6, 6.07) is 11.1. The molecule has 4 fully saturated rings. The smallest absolute Gasteiger partial charge is 0.240 e. The Hall–Kier alpha value is -3.52. The van der Waals surface area contributed by atoms with Crippen molar-refractivity contribution >= 4 is 47.4 Å². The van der Waals surface area contributed by atoms with Gasteiger partial charge < -0.3 is 10.6 Å². The highest BCUT2D eigenvalue weighted by Gasteiger charge is 2.24. The largest absolute Gasteiger partial charge is 0.382 e. The number of hydrogen-bond acceptors (Lipinski definition) is 12. The number of halogens is 1. The molecule has 4 aromatic rings. The van der Waals surface area contributed by atoms with Crippen LogP contribution in [-0.2, 0) is 20.0 Å². The van der Waals surface area contributed by atoms with Gasteiger partial charge in [-0.25, -0.2) is 26.3 Å². The van der Waals surface area contributed by atoms with Crippen LogP contribution in [0.15, 0.2) is 46.2 Å². The van der Waals surface area contributed by atoms with E-state index < -0.39 is 20.0 Å². The van der Waals surface area contributed by atoms with Gasteiger partial charge in [0.05, 0.1) is 15.8 Å². The number of nitrogens with zero attached hydrogens (tertiary/aromatic N) is 7. The predicted molar refractivity (Wildman–Crippen MR) is 238 cm³/mol. The Bertz CT molecular complexity index is 2080. The summed E-state index contributed by atoms with van der Waals surface area (Å²) >= 11 is 3.54. The molecule has 0 radical (unpaired) electrons. The van der Waals surface area contributed by atoms with Crippen LogP contribution in [-0.4, -0.2) is 88.7 Å². The molecule has 328 valence electrons. The van der Waals surface area contributed by atoms with Crippen molar-refractivity contribution in [3.63, 3.8) is 0 Å². The number of tetrazole rings is 2. The van der Waals surface area contributed by atoms with E-state index in [1.807, 2.05) is 6.07 Å². The molecule has 0 saturated heterocycles. The van der Waals surface area contributed by atoms with Crippen LogP contribution >= 0.6 is 15.9 Å². The molecule has 19 heteroatoms. The number of H-pyrrole nitrogens is 1. The van der Waals surface area contributed by atoms with Crippen molar-refractivity contribution in [1.82, 2.24) is 50.3 Å². The van der Waals surface area contributed by atoms with Gasteiger partial charge in [-0.15, -0.1) is 20.4 Å². The quantitative estimate of drug-likeness (QED) is 0.0900. The van der Waals surface area contributed by atoms with Crippen molar-refractivity contribution < 1.29 is 16.8 Å². The van der Waals surface area contributed by atoms with E-state index in [0.29, 0.717) is 40.9 Å². The van der Waals surface area contributed by atoms with Crippen LogP contribution in [0.3, 0.4) is 0 Å². The Morgan fingerprint density at radius 3 is 1.51 bits per heavy atom. The average molecular weight is 922 g/mol. The van der Waals surface area contributed by atoms with E-state index in [2.05, 4.69) is 72.0 Å². The zero-order valence-electron chi connectivity index (χ0n) is 33.0.